The van der Waals surface area contributed by atoms with Crippen molar-refractivity contribution in [2.75, 3.05) is 25.4 Å². The van der Waals surface area contributed by atoms with Crippen LogP contribution in [0.2, 0.25) is 0 Å². The summed E-state index contributed by atoms with van der Waals surface area (Å²) >= 11 is 2.19. The van der Waals surface area contributed by atoms with Gasteiger partial charge in [0.05, 0.1) is 0 Å². The number of thioether (sulfide) groups is 1. The van der Waals surface area contributed by atoms with Gasteiger partial charge in [0.2, 0.25) is 0 Å². The zero-order valence-corrected chi connectivity index (χ0v) is 11.6. The van der Waals surface area contributed by atoms with Crippen molar-refractivity contribution in [1.82, 2.24) is 10.2 Å². The molecule has 3 unspecified atom stereocenters. The Bertz CT molecular complexity index is 204. The Kier molecular flexibility index (Phi) is 4.98. The first-order valence-electron chi connectivity index (χ1n) is 6.88. The number of nitrogens with zero attached hydrogens (tertiary/aromatic N) is 1. The molecule has 2 rings (SSSR count). The number of hydrogen-bond donors (Lipinski definition) is 1. The van der Waals surface area contributed by atoms with Crippen LogP contribution < -0.4 is 5.32 Å². The number of piperazine rings is 1. The number of nitrogens with one attached hydrogen (secondary N) is 1. The molecule has 2 fully saturated rings. The highest BCUT2D eigenvalue weighted by Crippen LogP contribution is 2.27. The van der Waals surface area contributed by atoms with Crippen LogP contribution in [-0.2, 0) is 0 Å². The molecule has 2 aliphatic rings. The first-order valence-corrected chi connectivity index (χ1v) is 7.93. The van der Waals surface area contributed by atoms with Gasteiger partial charge in [-0.1, -0.05) is 13.3 Å². The molecule has 0 aliphatic carbocycles. The van der Waals surface area contributed by atoms with Gasteiger partial charge in [-0.25, -0.2) is 0 Å². The van der Waals surface area contributed by atoms with Gasteiger partial charge in [-0.15, -0.1) is 0 Å². The lowest BCUT2D eigenvalue weighted by atomic mass is 10.1. The molecule has 3 heteroatoms. The van der Waals surface area contributed by atoms with Crippen LogP contribution in [0.25, 0.3) is 0 Å². The third kappa shape index (κ3) is 3.38. The second-order valence-corrected chi connectivity index (χ2v) is 6.74. The van der Waals surface area contributed by atoms with Gasteiger partial charge in [0.25, 0.3) is 0 Å². The maximum absolute atomic E-state index is 3.68. The Balaban J connectivity index is 1.80. The van der Waals surface area contributed by atoms with Gasteiger partial charge in [-0.05, 0) is 31.9 Å². The van der Waals surface area contributed by atoms with E-state index in [1.165, 1.54) is 51.1 Å². The highest BCUT2D eigenvalue weighted by molar-refractivity contribution is 8.00. The molecule has 0 aromatic rings. The van der Waals surface area contributed by atoms with Gasteiger partial charge in [0.15, 0.2) is 0 Å². The predicted molar refractivity (Wildman–Crippen MR) is 73.2 cm³/mol. The number of rotatable bonds is 4. The van der Waals surface area contributed by atoms with Gasteiger partial charge >= 0.3 is 0 Å². The fourth-order valence-electron chi connectivity index (χ4n) is 2.84. The molecule has 0 bridgehead atoms. The minimum atomic E-state index is 0.731. The highest BCUT2D eigenvalue weighted by Gasteiger charge is 2.27. The monoisotopic (exact) mass is 242 g/mol. The molecule has 0 radical (unpaired) electrons. The molecule has 0 saturated carbocycles. The number of hydrogen-bond acceptors (Lipinski definition) is 3. The minimum absolute atomic E-state index is 0.731. The van der Waals surface area contributed by atoms with Crippen molar-refractivity contribution in [3.63, 3.8) is 0 Å². The third-order valence-electron chi connectivity index (χ3n) is 3.88. The zero-order chi connectivity index (χ0) is 11.4. The molecular formula is C13H26N2S. The van der Waals surface area contributed by atoms with E-state index in [0.717, 1.165) is 17.3 Å². The summed E-state index contributed by atoms with van der Waals surface area (Å²) in [6, 6.07) is 1.47. The summed E-state index contributed by atoms with van der Waals surface area (Å²) in [7, 11) is 0. The Morgan fingerprint density at radius 1 is 1.44 bits per heavy atom. The van der Waals surface area contributed by atoms with Crippen molar-refractivity contribution in [3.05, 3.63) is 0 Å². The van der Waals surface area contributed by atoms with E-state index >= 15 is 0 Å². The first kappa shape index (κ1) is 12.7. The molecule has 1 N–H and O–H groups in total. The smallest absolute Gasteiger partial charge is 0.0195 e. The molecule has 2 saturated heterocycles. The third-order valence-corrected chi connectivity index (χ3v) is 5.26. The van der Waals surface area contributed by atoms with Crippen molar-refractivity contribution in [3.8, 4) is 0 Å². The molecule has 0 aromatic carbocycles. The van der Waals surface area contributed by atoms with Gasteiger partial charge in [-0.2, -0.15) is 11.8 Å². The lowest BCUT2D eigenvalue weighted by Crippen LogP contribution is -2.56. The second-order valence-electron chi connectivity index (χ2n) is 5.33. The van der Waals surface area contributed by atoms with E-state index in [1.54, 1.807) is 0 Å². The highest BCUT2D eigenvalue weighted by atomic mass is 32.2. The lowest BCUT2D eigenvalue weighted by Gasteiger charge is -2.40. The molecule has 0 amide bonds. The van der Waals surface area contributed by atoms with E-state index in [9.17, 15) is 0 Å². The van der Waals surface area contributed by atoms with Gasteiger partial charge in [0, 0.05) is 37.0 Å². The summed E-state index contributed by atoms with van der Waals surface area (Å²) in [4.78, 5) is 2.72. The second kappa shape index (κ2) is 6.27. The van der Waals surface area contributed by atoms with E-state index in [1.807, 2.05) is 0 Å². The van der Waals surface area contributed by atoms with Crippen LogP contribution in [0, 0.1) is 0 Å². The molecule has 2 nitrogen and oxygen atoms in total. The van der Waals surface area contributed by atoms with E-state index in [0.29, 0.717) is 0 Å². The first-order chi connectivity index (χ1) is 7.79. The van der Waals surface area contributed by atoms with Crippen molar-refractivity contribution < 1.29 is 0 Å². The Labute approximate surface area is 105 Å². The standard InChI is InChI=1S/C13H26N2S/c1-3-5-12-9-15(11(2)8-14-12)10-13-6-4-7-16-13/h11-14H,3-10H2,1-2H3. The van der Waals surface area contributed by atoms with Crippen molar-refractivity contribution in [1.29, 1.82) is 0 Å². The van der Waals surface area contributed by atoms with Crippen molar-refractivity contribution in [2.45, 2.75) is 56.9 Å². The molecule has 0 spiro atoms. The normalized spacial score (nSPS) is 36.8. The summed E-state index contributed by atoms with van der Waals surface area (Å²) < 4.78 is 0. The van der Waals surface area contributed by atoms with E-state index in [-0.39, 0.29) is 0 Å². The van der Waals surface area contributed by atoms with Gasteiger partial charge in [0.1, 0.15) is 0 Å². The van der Waals surface area contributed by atoms with Crippen LogP contribution in [0.15, 0.2) is 0 Å². The molecular weight excluding hydrogens is 216 g/mol. The van der Waals surface area contributed by atoms with Gasteiger partial charge < -0.3 is 5.32 Å². The average Bonchev–Trinajstić information content (AvgIpc) is 2.76. The van der Waals surface area contributed by atoms with Crippen molar-refractivity contribution >= 4 is 11.8 Å². The Hall–Kier alpha value is 0.270. The minimum Gasteiger partial charge on any atom is -0.311 e. The van der Waals surface area contributed by atoms with Crippen LogP contribution >= 0.6 is 11.8 Å². The maximum Gasteiger partial charge on any atom is 0.0195 e. The van der Waals surface area contributed by atoms with Gasteiger partial charge in [-0.3, -0.25) is 4.90 Å². The van der Waals surface area contributed by atoms with Crippen LogP contribution in [0.3, 0.4) is 0 Å². The van der Waals surface area contributed by atoms with E-state index in [4.69, 9.17) is 0 Å². The van der Waals surface area contributed by atoms with E-state index < -0.39 is 0 Å². The van der Waals surface area contributed by atoms with Crippen LogP contribution in [-0.4, -0.2) is 47.6 Å². The Morgan fingerprint density at radius 2 is 2.31 bits per heavy atom. The predicted octanol–water partition coefficient (Wildman–Crippen LogP) is 2.34. The molecule has 3 atom stereocenters. The molecule has 2 heterocycles. The zero-order valence-electron chi connectivity index (χ0n) is 10.7. The molecule has 2 aliphatic heterocycles. The summed E-state index contributed by atoms with van der Waals surface area (Å²) in [5.41, 5.74) is 0. The van der Waals surface area contributed by atoms with Crippen LogP contribution in [0.1, 0.15) is 39.5 Å². The quantitative estimate of drug-likeness (QED) is 0.814. The van der Waals surface area contributed by atoms with Crippen LogP contribution in [0.4, 0.5) is 0 Å². The summed E-state index contributed by atoms with van der Waals surface area (Å²) in [5.74, 6) is 1.39. The fourth-order valence-corrected chi connectivity index (χ4v) is 4.14. The topological polar surface area (TPSA) is 15.3 Å². The summed E-state index contributed by atoms with van der Waals surface area (Å²) in [6.45, 7) is 8.44. The van der Waals surface area contributed by atoms with Crippen LogP contribution in [0.5, 0.6) is 0 Å². The average molecular weight is 242 g/mol. The SMILES string of the molecule is CCCC1CN(CC2CCCS2)C(C)CN1. The molecule has 94 valence electrons. The van der Waals surface area contributed by atoms with Crippen molar-refractivity contribution in [2.24, 2.45) is 0 Å². The van der Waals surface area contributed by atoms with E-state index in [2.05, 4.69) is 35.8 Å². The Morgan fingerprint density at radius 3 is 3.00 bits per heavy atom. The fraction of sp³-hybridized carbons (Fsp3) is 1.00. The lowest BCUT2D eigenvalue weighted by molar-refractivity contribution is 0.137. The largest absolute Gasteiger partial charge is 0.311 e. The molecule has 0 aromatic heterocycles. The summed E-state index contributed by atoms with van der Waals surface area (Å²) in [6.07, 6.45) is 5.52. The summed E-state index contributed by atoms with van der Waals surface area (Å²) in [5, 5.41) is 4.60. The maximum atomic E-state index is 3.68. The molecule has 16 heavy (non-hydrogen) atoms.